The van der Waals surface area contributed by atoms with Gasteiger partial charge >= 0.3 is 0 Å². The number of carbonyl (C=O) groups excluding carboxylic acids is 1. The van der Waals surface area contributed by atoms with Crippen LogP contribution >= 0.6 is 0 Å². The van der Waals surface area contributed by atoms with E-state index in [2.05, 4.69) is 28.9 Å². The predicted octanol–water partition coefficient (Wildman–Crippen LogP) is 0.988. The van der Waals surface area contributed by atoms with Crippen LogP contribution < -0.4 is 10.6 Å². The third-order valence-corrected chi connectivity index (χ3v) is 3.03. The fourth-order valence-corrected chi connectivity index (χ4v) is 2.01. The van der Waals surface area contributed by atoms with Gasteiger partial charge in [-0.2, -0.15) is 0 Å². The fourth-order valence-electron chi connectivity index (χ4n) is 2.01. The SMILES string of the molecule is O=C(NCC1=CCNCC1)C1CC=CC1. The Morgan fingerprint density at radius 2 is 2.27 bits per heavy atom. The second-order valence-electron chi connectivity index (χ2n) is 4.17. The molecule has 2 aliphatic rings. The van der Waals surface area contributed by atoms with Crippen LogP contribution in [-0.4, -0.2) is 25.5 Å². The molecule has 0 aromatic carbocycles. The van der Waals surface area contributed by atoms with Crippen LogP contribution in [-0.2, 0) is 4.79 Å². The average Bonchev–Trinajstić information content (AvgIpc) is 2.81. The molecule has 0 radical (unpaired) electrons. The zero-order chi connectivity index (χ0) is 10.5. The topological polar surface area (TPSA) is 41.1 Å². The number of carbonyl (C=O) groups is 1. The number of hydrogen-bond donors (Lipinski definition) is 2. The van der Waals surface area contributed by atoms with E-state index in [1.807, 2.05) is 0 Å². The molecular weight excluding hydrogens is 188 g/mol. The molecule has 1 heterocycles. The van der Waals surface area contributed by atoms with Crippen LogP contribution in [0.15, 0.2) is 23.8 Å². The van der Waals surface area contributed by atoms with Crippen molar-refractivity contribution in [3.05, 3.63) is 23.8 Å². The quantitative estimate of drug-likeness (QED) is 0.676. The Bertz CT molecular complexity index is 286. The average molecular weight is 206 g/mol. The maximum atomic E-state index is 11.7. The summed E-state index contributed by atoms with van der Waals surface area (Å²) < 4.78 is 0. The van der Waals surface area contributed by atoms with E-state index in [0.717, 1.165) is 38.9 Å². The monoisotopic (exact) mass is 206 g/mol. The Morgan fingerprint density at radius 1 is 1.47 bits per heavy atom. The minimum Gasteiger partial charge on any atom is -0.352 e. The van der Waals surface area contributed by atoms with Crippen molar-refractivity contribution in [3.8, 4) is 0 Å². The van der Waals surface area contributed by atoms with E-state index in [-0.39, 0.29) is 11.8 Å². The van der Waals surface area contributed by atoms with Gasteiger partial charge in [0.05, 0.1) is 0 Å². The molecule has 3 nitrogen and oxygen atoms in total. The first kappa shape index (κ1) is 10.4. The molecule has 1 amide bonds. The summed E-state index contributed by atoms with van der Waals surface area (Å²) in [6, 6.07) is 0. The van der Waals surface area contributed by atoms with Gasteiger partial charge in [-0.3, -0.25) is 4.79 Å². The number of allylic oxidation sites excluding steroid dienone is 2. The molecule has 0 spiro atoms. The lowest BCUT2D eigenvalue weighted by Crippen LogP contribution is -2.33. The zero-order valence-electron chi connectivity index (χ0n) is 8.96. The molecule has 0 aromatic heterocycles. The summed E-state index contributed by atoms with van der Waals surface area (Å²) in [5, 5.41) is 6.28. The van der Waals surface area contributed by atoms with Crippen molar-refractivity contribution in [1.29, 1.82) is 0 Å². The van der Waals surface area contributed by atoms with Crippen LogP contribution in [0.2, 0.25) is 0 Å². The number of hydrogen-bond acceptors (Lipinski definition) is 2. The van der Waals surface area contributed by atoms with Crippen LogP contribution in [0, 0.1) is 5.92 Å². The van der Waals surface area contributed by atoms with Gasteiger partial charge in [0.1, 0.15) is 0 Å². The summed E-state index contributed by atoms with van der Waals surface area (Å²) in [6.07, 6.45) is 9.24. The standard InChI is InChI=1S/C12H18N2O/c15-12(11-3-1-2-4-11)14-9-10-5-7-13-8-6-10/h1-2,5,11,13H,3-4,6-9H2,(H,14,15). The van der Waals surface area contributed by atoms with Gasteiger partial charge < -0.3 is 10.6 Å². The molecular formula is C12H18N2O. The molecule has 2 rings (SSSR count). The summed E-state index contributed by atoms with van der Waals surface area (Å²) >= 11 is 0. The van der Waals surface area contributed by atoms with Crippen LogP contribution in [0.3, 0.4) is 0 Å². The molecule has 0 atom stereocenters. The summed E-state index contributed by atoms with van der Waals surface area (Å²) in [5.41, 5.74) is 1.35. The zero-order valence-corrected chi connectivity index (χ0v) is 8.96. The molecule has 0 saturated heterocycles. The van der Waals surface area contributed by atoms with Gasteiger partial charge in [0.2, 0.25) is 5.91 Å². The second-order valence-corrected chi connectivity index (χ2v) is 4.17. The summed E-state index contributed by atoms with van der Waals surface area (Å²) in [6.45, 7) is 2.71. The van der Waals surface area contributed by atoms with Gasteiger partial charge in [-0.25, -0.2) is 0 Å². The second kappa shape index (κ2) is 5.12. The first-order chi connectivity index (χ1) is 7.36. The highest BCUT2D eigenvalue weighted by Gasteiger charge is 2.18. The van der Waals surface area contributed by atoms with E-state index in [4.69, 9.17) is 0 Å². The van der Waals surface area contributed by atoms with E-state index < -0.39 is 0 Å². The minimum absolute atomic E-state index is 0.187. The van der Waals surface area contributed by atoms with E-state index in [0.29, 0.717) is 0 Å². The highest BCUT2D eigenvalue weighted by molar-refractivity contribution is 5.79. The van der Waals surface area contributed by atoms with Crippen LogP contribution in [0.1, 0.15) is 19.3 Å². The molecule has 0 fully saturated rings. The van der Waals surface area contributed by atoms with Crippen molar-refractivity contribution in [3.63, 3.8) is 0 Å². The van der Waals surface area contributed by atoms with Gasteiger partial charge in [-0.15, -0.1) is 0 Å². The lowest BCUT2D eigenvalue weighted by molar-refractivity contribution is -0.124. The lowest BCUT2D eigenvalue weighted by Gasteiger charge is -2.16. The number of nitrogens with one attached hydrogen (secondary N) is 2. The van der Waals surface area contributed by atoms with E-state index in [1.54, 1.807) is 0 Å². The molecule has 3 heteroatoms. The van der Waals surface area contributed by atoms with Gasteiger partial charge in [0.15, 0.2) is 0 Å². The molecule has 0 bridgehead atoms. The maximum absolute atomic E-state index is 11.7. The third kappa shape index (κ3) is 2.93. The Labute approximate surface area is 90.6 Å². The summed E-state index contributed by atoms with van der Waals surface area (Å²) in [5.74, 6) is 0.395. The van der Waals surface area contributed by atoms with Crippen molar-refractivity contribution in [2.45, 2.75) is 19.3 Å². The van der Waals surface area contributed by atoms with Crippen LogP contribution in [0.4, 0.5) is 0 Å². The normalized spacial score (nSPS) is 21.5. The fraction of sp³-hybridized carbons (Fsp3) is 0.583. The van der Waals surface area contributed by atoms with Gasteiger partial charge in [-0.1, -0.05) is 23.8 Å². The number of amides is 1. The minimum atomic E-state index is 0.187. The van der Waals surface area contributed by atoms with Crippen molar-refractivity contribution >= 4 is 5.91 Å². The van der Waals surface area contributed by atoms with Crippen LogP contribution in [0.5, 0.6) is 0 Å². The Morgan fingerprint density at radius 3 is 2.93 bits per heavy atom. The highest BCUT2D eigenvalue weighted by Crippen LogP contribution is 2.17. The Kier molecular flexibility index (Phi) is 3.56. The Hall–Kier alpha value is -1.09. The first-order valence-electron chi connectivity index (χ1n) is 5.67. The number of rotatable bonds is 3. The van der Waals surface area contributed by atoms with Crippen LogP contribution in [0.25, 0.3) is 0 Å². The maximum Gasteiger partial charge on any atom is 0.223 e. The highest BCUT2D eigenvalue weighted by atomic mass is 16.1. The molecule has 1 aliphatic carbocycles. The lowest BCUT2D eigenvalue weighted by atomic mass is 10.1. The van der Waals surface area contributed by atoms with Crippen molar-refractivity contribution in [2.24, 2.45) is 5.92 Å². The van der Waals surface area contributed by atoms with Gasteiger partial charge in [-0.05, 0) is 25.8 Å². The molecule has 82 valence electrons. The van der Waals surface area contributed by atoms with E-state index in [1.165, 1.54) is 5.57 Å². The molecule has 0 unspecified atom stereocenters. The molecule has 0 aromatic rings. The summed E-state index contributed by atoms with van der Waals surface area (Å²) in [7, 11) is 0. The Balaban J connectivity index is 1.72. The smallest absolute Gasteiger partial charge is 0.223 e. The van der Waals surface area contributed by atoms with Crippen molar-refractivity contribution < 1.29 is 4.79 Å². The van der Waals surface area contributed by atoms with E-state index in [9.17, 15) is 4.79 Å². The molecule has 1 aliphatic heterocycles. The van der Waals surface area contributed by atoms with Gasteiger partial charge in [0, 0.05) is 19.0 Å². The van der Waals surface area contributed by atoms with Crippen molar-refractivity contribution in [1.82, 2.24) is 10.6 Å². The van der Waals surface area contributed by atoms with E-state index >= 15 is 0 Å². The van der Waals surface area contributed by atoms with Crippen molar-refractivity contribution in [2.75, 3.05) is 19.6 Å². The molecule has 0 saturated carbocycles. The predicted molar refractivity (Wildman–Crippen MR) is 60.4 cm³/mol. The molecule has 15 heavy (non-hydrogen) atoms. The largest absolute Gasteiger partial charge is 0.352 e. The van der Waals surface area contributed by atoms with Gasteiger partial charge in [0.25, 0.3) is 0 Å². The first-order valence-corrected chi connectivity index (χ1v) is 5.67. The molecule has 2 N–H and O–H groups in total. The summed E-state index contributed by atoms with van der Waals surface area (Å²) in [4.78, 5) is 11.7. The third-order valence-electron chi connectivity index (χ3n) is 3.03.